The van der Waals surface area contributed by atoms with E-state index in [4.69, 9.17) is 14.2 Å². The van der Waals surface area contributed by atoms with Gasteiger partial charge in [-0.25, -0.2) is 4.79 Å². The van der Waals surface area contributed by atoms with E-state index in [0.29, 0.717) is 0 Å². The summed E-state index contributed by atoms with van der Waals surface area (Å²) in [6.45, 7) is 5.52. The zero-order chi connectivity index (χ0) is 13.8. The normalized spacial score (nSPS) is 36.4. The zero-order valence-electron chi connectivity index (χ0n) is 11.0. The first kappa shape index (κ1) is 12.6. The molecular weight excluding hydrogens is 252 g/mol. The third-order valence-corrected chi connectivity index (χ3v) is 3.39. The number of rotatable bonds is 1. The van der Waals surface area contributed by atoms with Crippen molar-refractivity contribution in [2.24, 2.45) is 0 Å². The number of hydrogen-bond acceptors (Lipinski definition) is 5. The summed E-state index contributed by atoms with van der Waals surface area (Å²) in [5.74, 6) is -0.697. The second-order valence-corrected chi connectivity index (χ2v) is 5.31. The SMILES string of the molecule is C[C@H]1O[C@@H](n2ccc(=O)[nH]c2=O)C2OC(C)(C)O[C@H]21. The van der Waals surface area contributed by atoms with Gasteiger partial charge in [-0.15, -0.1) is 0 Å². The third kappa shape index (κ3) is 2.03. The van der Waals surface area contributed by atoms with Gasteiger partial charge in [0, 0.05) is 12.3 Å². The van der Waals surface area contributed by atoms with Gasteiger partial charge in [-0.05, 0) is 20.8 Å². The van der Waals surface area contributed by atoms with Crippen LogP contribution in [0.15, 0.2) is 21.9 Å². The maximum Gasteiger partial charge on any atom is 0.330 e. The summed E-state index contributed by atoms with van der Waals surface area (Å²) in [6, 6.07) is 1.28. The lowest BCUT2D eigenvalue weighted by molar-refractivity contribution is -0.195. The van der Waals surface area contributed by atoms with E-state index in [1.807, 2.05) is 20.8 Å². The highest BCUT2D eigenvalue weighted by Crippen LogP contribution is 2.42. The number of aromatic amines is 1. The standard InChI is InChI=1S/C12H16N2O5/c1-6-8-9(19-12(2,3)18-8)10(17-6)14-5-4-7(15)13-11(14)16/h4-6,8-10H,1-3H3,(H,13,15,16)/t6-,8+,9?,10-/m1/s1. The van der Waals surface area contributed by atoms with Crippen LogP contribution >= 0.6 is 0 Å². The molecule has 3 rings (SSSR count). The van der Waals surface area contributed by atoms with Crippen LogP contribution in [0.2, 0.25) is 0 Å². The van der Waals surface area contributed by atoms with Crippen LogP contribution < -0.4 is 11.2 Å². The van der Waals surface area contributed by atoms with Crippen LogP contribution in [0.1, 0.15) is 27.0 Å². The molecule has 0 saturated carbocycles. The van der Waals surface area contributed by atoms with Crippen LogP contribution in [0.5, 0.6) is 0 Å². The summed E-state index contributed by atoms with van der Waals surface area (Å²) in [4.78, 5) is 25.1. The molecule has 2 fully saturated rings. The maximum absolute atomic E-state index is 11.8. The van der Waals surface area contributed by atoms with Crippen LogP contribution in [0.25, 0.3) is 0 Å². The van der Waals surface area contributed by atoms with E-state index in [1.165, 1.54) is 16.8 Å². The monoisotopic (exact) mass is 268 g/mol. The molecule has 1 unspecified atom stereocenters. The highest BCUT2D eigenvalue weighted by Gasteiger charge is 2.54. The van der Waals surface area contributed by atoms with E-state index in [9.17, 15) is 9.59 Å². The van der Waals surface area contributed by atoms with Crippen molar-refractivity contribution in [3.8, 4) is 0 Å². The van der Waals surface area contributed by atoms with E-state index < -0.39 is 23.3 Å². The molecule has 7 heteroatoms. The minimum atomic E-state index is -0.697. The van der Waals surface area contributed by atoms with Crippen molar-refractivity contribution in [1.29, 1.82) is 0 Å². The van der Waals surface area contributed by atoms with Gasteiger partial charge in [-0.2, -0.15) is 0 Å². The molecule has 2 aliphatic rings. The Kier molecular flexibility index (Phi) is 2.67. The molecule has 3 heterocycles. The number of fused-ring (bicyclic) bond motifs is 1. The number of H-pyrrole nitrogens is 1. The Bertz CT molecular complexity index is 605. The molecule has 0 spiro atoms. The average molecular weight is 268 g/mol. The molecule has 0 radical (unpaired) electrons. The van der Waals surface area contributed by atoms with Gasteiger partial charge >= 0.3 is 5.69 Å². The van der Waals surface area contributed by atoms with Crippen molar-refractivity contribution in [3.05, 3.63) is 33.1 Å². The molecule has 2 aliphatic heterocycles. The maximum atomic E-state index is 11.8. The minimum Gasteiger partial charge on any atom is -0.349 e. The van der Waals surface area contributed by atoms with E-state index in [1.54, 1.807) is 0 Å². The molecule has 1 aromatic heterocycles. The van der Waals surface area contributed by atoms with Gasteiger partial charge in [0.2, 0.25) is 0 Å². The Balaban J connectivity index is 1.98. The first-order chi connectivity index (χ1) is 8.87. The van der Waals surface area contributed by atoms with Crippen LogP contribution in [0, 0.1) is 0 Å². The largest absolute Gasteiger partial charge is 0.349 e. The highest BCUT2D eigenvalue weighted by molar-refractivity contribution is 4.97. The summed E-state index contributed by atoms with van der Waals surface area (Å²) >= 11 is 0. The Morgan fingerprint density at radius 1 is 1.26 bits per heavy atom. The van der Waals surface area contributed by atoms with E-state index in [2.05, 4.69) is 4.98 Å². The van der Waals surface area contributed by atoms with Crippen LogP contribution in [-0.4, -0.2) is 33.7 Å². The van der Waals surface area contributed by atoms with Crippen molar-refractivity contribution in [3.63, 3.8) is 0 Å². The second-order valence-electron chi connectivity index (χ2n) is 5.31. The van der Waals surface area contributed by atoms with Crippen molar-refractivity contribution >= 4 is 0 Å². The molecule has 0 aliphatic carbocycles. The predicted molar refractivity (Wildman–Crippen MR) is 64.7 cm³/mol. The van der Waals surface area contributed by atoms with Gasteiger partial charge in [0.1, 0.15) is 12.2 Å². The molecule has 1 aromatic rings. The van der Waals surface area contributed by atoms with E-state index in [-0.39, 0.29) is 18.3 Å². The molecule has 0 amide bonds. The summed E-state index contributed by atoms with van der Waals surface area (Å²) in [6.07, 6.45) is 0.0458. The van der Waals surface area contributed by atoms with Gasteiger partial charge in [0.15, 0.2) is 12.0 Å². The molecule has 0 bridgehead atoms. The van der Waals surface area contributed by atoms with Crippen LogP contribution in [0.3, 0.4) is 0 Å². The summed E-state index contributed by atoms with van der Waals surface area (Å²) < 4.78 is 18.6. The fourth-order valence-corrected chi connectivity index (χ4v) is 2.63. The van der Waals surface area contributed by atoms with Crippen molar-refractivity contribution in [1.82, 2.24) is 9.55 Å². The van der Waals surface area contributed by atoms with E-state index in [0.717, 1.165) is 0 Å². The van der Waals surface area contributed by atoms with E-state index >= 15 is 0 Å². The zero-order valence-corrected chi connectivity index (χ0v) is 11.0. The quantitative estimate of drug-likeness (QED) is 0.773. The van der Waals surface area contributed by atoms with Crippen LogP contribution in [-0.2, 0) is 14.2 Å². The van der Waals surface area contributed by atoms with Crippen molar-refractivity contribution in [2.75, 3.05) is 0 Å². The topological polar surface area (TPSA) is 82.6 Å². The first-order valence-corrected chi connectivity index (χ1v) is 6.20. The molecule has 2 saturated heterocycles. The van der Waals surface area contributed by atoms with Crippen molar-refractivity contribution < 1.29 is 14.2 Å². The fourth-order valence-electron chi connectivity index (χ4n) is 2.63. The van der Waals surface area contributed by atoms with Crippen LogP contribution in [0.4, 0.5) is 0 Å². The third-order valence-electron chi connectivity index (χ3n) is 3.39. The summed E-state index contributed by atoms with van der Waals surface area (Å²) in [5, 5.41) is 0. The molecular formula is C12H16N2O5. The molecule has 7 nitrogen and oxygen atoms in total. The molecule has 0 aromatic carbocycles. The number of hydrogen-bond donors (Lipinski definition) is 1. The van der Waals surface area contributed by atoms with Gasteiger partial charge in [-0.3, -0.25) is 14.3 Å². The van der Waals surface area contributed by atoms with Gasteiger partial charge in [0.05, 0.1) is 6.10 Å². The number of aromatic nitrogens is 2. The fraction of sp³-hybridized carbons (Fsp3) is 0.667. The molecule has 19 heavy (non-hydrogen) atoms. The second kappa shape index (κ2) is 4.03. The molecule has 4 atom stereocenters. The molecule has 104 valence electrons. The Morgan fingerprint density at radius 3 is 2.63 bits per heavy atom. The highest BCUT2D eigenvalue weighted by atomic mass is 16.8. The lowest BCUT2D eigenvalue weighted by Gasteiger charge is -2.23. The summed E-state index contributed by atoms with van der Waals surface area (Å²) in [7, 11) is 0. The lowest BCUT2D eigenvalue weighted by atomic mass is 10.1. The number of nitrogens with one attached hydrogen (secondary N) is 1. The van der Waals surface area contributed by atoms with Gasteiger partial charge in [0.25, 0.3) is 5.56 Å². The predicted octanol–water partition coefficient (Wildman–Crippen LogP) is -0.0260. The Hall–Kier alpha value is -1.44. The average Bonchev–Trinajstić information content (AvgIpc) is 2.75. The summed E-state index contributed by atoms with van der Waals surface area (Å²) in [5.41, 5.74) is -0.952. The number of nitrogens with zero attached hydrogens (tertiary/aromatic N) is 1. The Labute approximate surface area is 109 Å². The molecule has 1 N–H and O–H groups in total. The first-order valence-electron chi connectivity index (χ1n) is 6.20. The van der Waals surface area contributed by atoms with Gasteiger partial charge < -0.3 is 14.2 Å². The smallest absolute Gasteiger partial charge is 0.330 e. The lowest BCUT2D eigenvalue weighted by Crippen LogP contribution is -2.37. The number of ether oxygens (including phenoxy) is 3. The van der Waals surface area contributed by atoms with Gasteiger partial charge in [-0.1, -0.05) is 0 Å². The minimum absolute atomic E-state index is 0.185. The van der Waals surface area contributed by atoms with Crippen molar-refractivity contribution in [2.45, 2.75) is 51.1 Å². The Morgan fingerprint density at radius 2 is 1.95 bits per heavy atom.